The van der Waals surface area contributed by atoms with Crippen molar-refractivity contribution in [1.82, 2.24) is 14.1 Å². The molecule has 2 fully saturated rings. The van der Waals surface area contributed by atoms with Gasteiger partial charge in [-0.1, -0.05) is 12.1 Å². The van der Waals surface area contributed by atoms with Gasteiger partial charge in [-0.2, -0.15) is 14.1 Å². The fourth-order valence-electron chi connectivity index (χ4n) is 4.98. The van der Waals surface area contributed by atoms with Crippen LogP contribution >= 0.6 is 0 Å². The number of aromatic nitrogens is 2. The van der Waals surface area contributed by atoms with E-state index in [1.165, 1.54) is 10.5 Å². The molecule has 0 amide bonds. The monoisotopic (exact) mass is 545 g/mol. The highest BCUT2D eigenvalue weighted by molar-refractivity contribution is 7.88. The summed E-state index contributed by atoms with van der Waals surface area (Å²) in [6.45, 7) is 1.06. The summed E-state index contributed by atoms with van der Waals surface area (Å²) in [4.78, 5) is 15.3. The van der Waals surface area contributed by atoms with Crippen molar-refractivity contribution in [3.8, 4) is 11.4 Å². The van der Waals surface area contributed by atoms with Crippen LogP contribution in [0.3, 0.4) is 0 Å². The van der Waals surface area contributed by atoms with Gasteiger partial charge < -0.3 is 15.4 Å². The van der Waals surface area contributed by atoms with Gasteiger partial charge in [0.1, 0.15) is 17.3 Å². The number of nitrogen functional groups attached to an aromatic ring is 1. The van der Waals surface area contributed by atoms with Gasteiger partial charge in [0.2, 0.25) is 15.8 Å². The smallest absolute Gasteiger partial charge is 0.316 e. The first-order valence-corrected chi connectivity index (χ1v) is 14.1. The van der Waals surface area contributed by atoms with Gasteiger partial charge >= 0.3 is 5.56 Å². The summed E-state index contributed by atoms with van der Waals surface area (Å²) in [5.74, 6) is -1.76. The standard InChI is InChI=1S/C26H29F2N5O4S/c27-19-13-20(28)15-22(14-19)33-26(34)25(37-23-6-1-2-7-23)24(16-30-33)31-8-10-32(11-9-31)38(35,36)17-18-4-3-5-21(29)12-18/h3-5,12-16,23H,1-2,6-11,17,29H2. The SMILES string of the molecule is Nc1cccc(CS(=O)(=O)N2CCN(c3cnn(-c4cc(F)cc(F)c4)c(=O)c3OC3CCCC3)CC2)c1. The van der Waals surface area contributed by atoms with Gasteiger partial charge in [-0.15, -0.1) is 0 Å². The molecule has 2 aromatic carbocycles. The Kier molecular flexibility index (Phi) is 7.35. The number of hydrogen-bond acceptors (Lipinski definition) is 7. The molecule has 2 N–H and O–H groups in total. The molecule has 1 aromatic heterocycles. The second-order valence-electron chi connectivity index (χ2n) is 9.62. The van der Waals surface area contributed by atoms with E-state index in [0.717, 1.165) is 48.6 Å². The average molecular weight is 546 g/mol. The third-order valence-corrected chi connectivity index (χ3v) is 8.72. The zero-order valence-corrected chi connectivity index (χ0v) is 21.5. The van der Waals surface area contributed by atoms with Gasteiger partial charge in [-0.25, -0.2) is 17.2 Å². The normalized spacial score (nSPS) is 17.2. The number of sulfonamides is 1. The lowest BCUT2D eigenvalue weighted by molar-refractivity contribution is 0.205. The van der Waals surface area contributed by atoms with Crippen LogP contribution in [0.1, 0.15) is 31.2 Å². The molecule has 1 saturated carbocycles. The second kappa shape index (κ2) is 10.7. The summed E-state index contributed by atoms with van der Waals surface area (Å²) in [6, 6.07) is 9.57. The van der Waals surface area contributed by atoms with Crippen LogP contribution in [-0.2, 0) is 15.8 Å². The Morgan fingerprint density at radius 3 is 2.34 bits per heavy atom. The van der Waals surface area contributed by atoms with Crippen LogP contribution in [0.25, 0.3) is 5.69 Å². The summed E-state index contributed by atoms with van der Waals surface area (Å²) in [6.07, 6.45) is 4.85. The quantitative estimate of drug-likeness (QED) is 0.455. The highest BCUT2D eigenvalue weighted by Crippen LogP contribution is 2.30. The number of hydrogen-bond donors (Lipinski definition) is 1. The van der Waals surface area contributed by atoms with E-state index in [1.54, 1.807) is 24.3 Å². The summed E-state index contributed by atoms with van der Waals surface area (Å²) in [7, 11) is -3.58. The van der Waals surface area contributed by atoms with Crippen LogP contribution < -0.4 is 20.9 Å². The van der Waals surface area contributed by atoms with E-state index < -0.39 is 27.2 Å². The van der Waals surface area contributed by atoms with Gasteiger partial charge in [-0.05, 0) is 55.5 Å². The Morgan fingerprint density at radius 2 is 1.68 bits per heavy atom. The minimum atomic E-state index is -3.58. The first kappa shape index (κ1) is 26.1. The molecule has 12 heteroatoms. The van der Waals surface area contributed by atoms with Gasteiger partial charge in [-0.3, -0.25) is 4.79 Å². The molecule has 2 aliphatic rings. The van der Waals surface area contributed by atoms with Crippen molar-refractivity contribution in [3.63, 3.8) is 0 Å². The highest BCUT2D eigenvalue weighted by Gasteiger charge is 2.30. The molecule has 0 atom stereocenters. The van der Waals surface area contributed by atoms with Gasteiger partial charge in [0.15, 0.2) is 0 Å². The Labute approximate surface area is 219 Å². The summed E-state index contributed by atoms with van der Waals surface area (Å²) < 4.78 is 62.3. The van der Waals surface area contributed by atoms with E-state index in [1.807, 2.05) is 4.90 Å². The first-order chi connectivity index (χ1) is 18.2. The lowest BCUT2D eigenvalue weighted by atomic mass is 10.2. The molecule has 0 spiro atoms. The van der Waals surface area contributed by atoms with E-state index in [-0.39, 0.29) is 36.4 Å². The van der Waals surface area contributed by atoms with E-state index in [4.69, 9.17) is 10.5 Å². The van der Waals surface area contributed by atoms with Crippen molar-refractivity contribution < 1.29 is 21.9 Å². The highest BCUT2D eigenvalue weighted by atomic mass is 32.2. The first-order valence-electron chi connectivity index (χ1n) is 12.5. The molecule has 5 rings (SSSR count). The molecular weight excluding hydrogens is 516 g/mol. The molecule has 202 valence electrons. The molecule has 1 aliphatic heterocycles. The minimum absolute atomic E-state index is 0.0483. The number of ether oxygens (including phenoxy) is 1. The maximum absolute atomic E-state index is 13.9. The molecule has 9 nitrogen and oxygen atoms in total. The van der Waals surface area contributed by atoms with Gasteiger partial charge in [0, 0.05) is 37.9 Å². The molecule has 2 heterocycles. The van der Waals surface area contributed by atoms with Gasteiger partial charge in [0.05, 0.1) is 23.7 Å². The van der Waals surface area contributed by atoms with Gasteiger partial charge in [0.25, 0.3) is 0 Å². The minimum Gasteiger partial charge on any atom is -0.483 e. The third kappa shape index (κ3) is 5.65. The summed E-state index contributed by atoms with van der Waals surface area (Å²) in [5.41, 5.74) is 6.66. The van der Waals surface area contributed by atoms with Crippen molar-refractivity contribution in [3.05, 3.63) is 76.2 Å². The molecule has 0 radical (unpaired) electrons. The van der Waals surface area contributed by atoms with E-state index in [2.05, 4.69) is 5.10 Å². The Balaban J connectivity index is 1.39. The van der Waals surface area contributed by atoms with Crippen molar-refractivity contribution in [2.75, 3.05) is 36.8 Å². The molecule has 1 aliphatic carbocycles. The maximum Gasteiger partial charge on any atom is 0.316 e. The lowest BCUT2D eigenvalue weighted by Gasteiger charge is -2.36. The molecule has 0 unspecified atom stereocenters. The van der Waals surface area contributed by atoms with Crippen molar-refractivity contribution in [2.45, 2.75) is 37.5 Å². The number of nitrogens with two attached hydrogens (primary N) is 1. The lowest BCUT2D eigenvalue weighted by Crippen LogP contribution is -2.49. The molecule has 38 heavy (non-hydrogen) atoms. The largest absolute Gasteiger partial charge is 0.483 e. The number of nitrogens with zero attached hydrogens (tertiary/aromatic N) is 4. The van der Waals surface area contributed by atoms with Crippen molar-refractivity contribution in [2.24, 2.45) is 0 Å². The van der Waals surface area contributed by atoms with Crippen molar-refractivity contribution in [1.29, 1.82) is 0 Å². The van der Waals surface area contributed by atoms with Crippen LogP contribution in [0.2, 0.25) is 0 Å². The topological polar surface area (TPSA) is 111 Å². The van der Waals surface area contributed by atoms with E-state index in [9.17, 15) is 22.0 Å². The fraction of sp³-hybridized carbons (Fsp3) is 0.385. The number of halogens is 2. The molecule has 1 saturated heterocycles. The zero-order valence-electron chi connectivity index (χ0n) is 20.7. The van der Waals surface area contributed by atoms with Crippen LogP contribution in [0.15, 0.2) is 53.5 Å². The number of rotatable bonds is 7. The van der Waals surface area contributed by atoms with Crippen molar-refractivity contribution >= 4 is 21.4 Å². The van der Waals surface area contributed by atoms with Crippen LogP contribution in [0.5, 0.6) is 5.75 Å². The molecular formula is C26H29F2N5O4S. The number of benzene rings is 2. The zero-order chi connectivity index (χ0) is 26.9. The molecule has 3 aromatic rings. The van der Waals surface area contributed by atoms with Crippen LogP contribution in [0, 0.1) is 11.6 Å². The average Bonchev–Trinajstić information content (AvgIpc) is 3.38. The van der Waals surface area contributed by atoms with Crippen LogP contribution in [0.4, 0.5) is 20.2 Å². The Bertz CT molecular complexity index is 1460. The van der Waals surface area contributed by atoms with E-state index in [0.29, 0.717) is 30.0 Å². The fourth-order valence-corrected chi connectivity index (χ4v) is 6.48. The second-order valence-corrected chi connectivity index (χ2v) is 11.6. The predicted molar refractivity (Wildman–Crippen MR) is 140 cm³/mol. The van der Waals surface area contributed by atoms with Crippen LogP contribution in [-0.4, -0.2) is 54.8 Å². The van der Waals surface area contributed by atoms with E-state index >= 15 is 0 Å². The number of anilines is 2. The number of piperazine rings is 1. The predicted octanol–water partition coefficient (Wildman–Crippen LogP) is 3.07. The molecule has 0 bridgehead atoms. The third-order valence-electron chi connectivity index (χ3n) is 6.87. The summed E-state index contributed by atoms with van der Waals surface area (Å²) in [5, 5.41) is 4.18. The Hall–Kier alpha value is -3.51. The maximum atomic E-state index is 13.9. The Morgan fingerprint density at radius 1 is 1.00 bits per heavy atom. The summed E-state index contributed by atoms with van der Waals surface area (Å²) >= 11 is 0.